The first-order valence-corrected chi connectivity index (χ1v) is 12.7. The average molecular weight is 455 g/mol. The van der Waals surface area contributed by atoms with E-state index >= 15 is 0 Å². The van der Waals surface area contributed by atoms with Gasteiger partial charge < -0.3 is 5.32 Å². The second-order valence-corrected chi connectivity index (χ2v) is 10.4. The Kier molecular flexibility index (Phi) is 8.86. The van der Waals surface area contributed by atoms with Gasteiger partial charge >= 0.3 is 0 Å². The zero-order valence-corrected chi connectivity index (χ0v) is 19.3. The second-order valence-electron chi connectivity index (χ2n) is 6.94. The van der Waals surface area contributed by atoms with Gasteiger partial charge in [0.15, 0.2) is 0 Å². The van der Waals surface area contributed by atoms with Gasteiger partial charge in [0, 0.05) is 17.3 Å². The van der Waals surface area contributed by atoms with Crippen LogP contribution in [-0.4, -0.2) is 39.4 Å². The molecule has 0 fully saturated rings. The highest BCUT2D eigenvalue weighted by atomic mass is 35.5. The van der Waals surface area contributed by atoms with Crippen LogP contribution in [0.3, 0.4) is 0 Å². The number of hydrogen-bond acceptors (Lipinski definition) is 4. The van der Waals surface area contributed by atoms with Gasteiger partial charge in [-0.2, -0.15) is 11.8 Å². The van der Waals surface area contributed by atoms with Gasteiger partial charge in [-0.15, -0.1) is 0 Å². The minimum atomic E-state index is -3.56. The summed E-state index contributed by atoms with van der Waals surface area (Å²) in [6, 6.07) is 13.3. The molecule has 0 radical (unpaired) electrons. The Labute approximate surface area is 182 Å². The van der Waals surface area contributed by atoms with Crippen LogP contribution in [0.1, 0.15) is 23.1 Å². The SMILES string of the molecule is Cc1ccc(N(CC(=O)NCCCSCc2ccc(Cl)cc2)S(C)(=O)=O)c(C)c1. The van der Waals surface area contributed by atoms with Crippen LogP contribution in [0.15, 0.2) is 42.5 Å². The van der Waals surface area contributed by atoms with E-state index in [1.807, 2.05) is 50.2 Å². The molecule has 5 nitrogen and oxygen atoms in total. The first kappa shape index (κ1) is 23.6. The molecule has 0 atom stereocenters. The molecule has 0 spiro atoms. The Balaban J connectivity index is 1.79. The zero-order chi connectivity index (χ0) is 21.4. The van der Waals surface area contributed by atoms with Crippen molar-refractivity contribution in [3.63, 3.8) is 0 Å². The van der Waals surface area contributed by atoms with Gasteiger partial charge in [0.2, 0.25) is 15.9 Å². The van der Waals surface area contributed by atoms with Crippen LogP contribution in [0, 0.1) is 13.8 Å². The van der Waals surface area contributed by atoms with Gasteiger partial charge in [-0.3, -0.25) is 9.10 Å². The minimum absolute atomic E-state index is 0.222. The molecule has 0 aliphatic carbocycles. The Bertz CT molecular complexity index is 931. The molecule has 0 saturated carbocycles. The summed E-state index contributed by atoms with van der Waals surface area (Å²) in [5.74, 6) is 1.48. The monoisotopic (exact) mass is 454 g/mol. The molecule has 158 valence electrons. The molecule has 1 amide bonds. The van der Waals surface area contributed by atoms with Gasteiger partial charge in [-0.05, 0) is 55.3 Å². The van der Waals surface area contributed by atoms with Gasteiger partial charge in [0.05, 0.1) is 11.9 Å². The van der Waals surface area contributed by atoms with Crippen molar-refractivity contribution in [2.75, 3.05) is 29.4 Å². The quantitative estimate of drug-likeness (QED) is 0.547. The van der Waals surface area contributed by atoms with E-state index < -0.39 is 10.0 Å². The third kappa shape index (κ3) is 7.91. The van der Waals surface area contributed by atoms with Crippen molar-refractivity contribution < 1.29 is 13.2 Å². The maximum Gasteiger partial charge on any atom is 0.240 e. The maximum absolute atomic E-state index is 12.3. The number of rotatable bonds is 10. The number of carbonyl (C=O) groups excluding carboxylic acids is 1. The molecule has 0 bridgehead atoms. The van der Waals surface area contributed by atoms with Crippen LogP contribution >= 0.6 is 23.4 Å². The fourth-order valence-electron chi connectivity index (χ4n) is 2.83. The molecule has 2 aromatic rings. The van der Waals surface area contributed by atoms with Gasteiger partial charge in [0.25, 0.3) is 0 Å². The van der Waals surface area contributed by atoms with Crippen molar-refractivity contribution in [3.8, 4) is 0 Å². The number of aryl methyl sites for hydroxylation is 2. The molecule has 1 N–H and O–H groups in total. The normalized spacial score (nSPS) is 11.3. The number of halogens is 1. The number of amides is 1. The third-order valence-corrected chi connectivity index (χ3v) is 6.77. The van der Waals surface area contributed by atoms with Gasteiger partial charge in [-0.1, -0.05) is 41.4 Å². The second kappa shape index (κ2) is 10.9. The lowest BCUT2D eigenvalue weighted by Gasteiger charge is -2.24. The summed E-state index contributed by atoms with van der Waals surface area (Å²) < 4.78 is 25.6. The van der Waals surface area contributed by atoms with E-state index in [0.29, 0.717) is 12.2 Å². The maximum atomic E-state index is 12.3. The predicted octanol–water partition coefficient (Wildman–Crippen LogP) is 4.16. The van der Waals surface area contributed by atoms with Crippen molar-refractivity contribution in [3.05, 3.63) is 64.2 Å². The third-order valence-electron chi connectivity index (χ3n) is 4.28. The van der Waals surface area contributed by atoms with Crippen LogP contribution in [0.5, 0.6) is 0 Å². The molecule has 0 saturated heterocycles. The fourth-order valence-corrected chi connectivity index (χ4v) is 4.79. The number of nitrogens with one attached hydrogen (secondary N) is 1. The lowest BCUT2D eigenvalue weighted by atomic mass is 10.1. The zero-order valence-electron chi connectivity index (χ0n) is 16.9. The molecular weight excluding hydrogens is 428 g/mol. The van der Waals surface area contributed by atoms with E-state index in [2.05, 4.69) is 5.32 Å². The molecule has 0 heterocycles. The summed E-state index contributed by atoms with van der Waals surface area (Å²) >= 11 is 7.66. The molecule has 0 aliphatic rings. The van der Waals surface area contributed by atoms with Crippen LogP contribution < -0.4 is 9.62 Å². The summed E-state index contributed by atoms with van der Waals surface area (Å²) in [6.07, 6.45) is 1.93. The molecule has 0 aromatic heterocycles. The number of nitrogens with zero attached hydrogens (tertiary/aromatic N) is 1. The molecule has 2 rings (SSSR count). The van der Waals surface area contributed by atoms with Crippen LogP contribution in [-0.2, 0) is 20.6 Å². The first-order chi connectivity index (χ1) is 13.7. The summed E-state index contributed by atoms with van der Waals surface area (Å²) in [4.78, 5) is 12.3. The Hall–Kier alpha value is -1.70. The standard InChI is InChI=1S/C21H27ClN2O3S2/c1-16-5-10-20(17(2)13-16)24(29(3,26)27)14-21(25)23-11-4-12-28-15-18-6-8-19(22)9-7-18/h5-10,13H,4,11-12,14-15H2,1-3H3,(H,23,25). The summed E-state index contributed by atoms with van der Waals surface area (Å²) in [5.41, 5.74) is 3.61. The molecule has 8 heteroatoms. The largest absolute Gasteiger partial charge is 0.354 e. The van der Waals surface area contributed by atoms with Crippen molar-refractivity contribution in [2.45, 2.75) is 26.0 Å². The van der Waals surface area contributed by atoms with Crippen molar-refractivity contribution in [1.29, 1.82) is 0 Å². The number of thioether (sulfide) groups is 1. The van der Waals surface area contributed by atoms with Gasteiger partial charge in [-0.25, -0.2) is 8.42 Å². The summed E-state index contributed by atoms with van der Waals surface area (Å²) in [5, 5.41) is 3.54. The summed E-state index contributed by atoms with van der Waals surface area (Å²) in [6.45, 7) is 4.08. The highest BCUT2D eigenvalue weighted by Gasteiger charge is 2.22. The predicted molar refractivity (Wildman–Crippen MR) is 123 cm³/mol. The Morgan fingerprint density at radius 1 is 1.14 bits per heavy atom. The summed E-state index contributed by atoms with van der Waals surface area (Å²) in [7, 11) is -3.56. The van der Waals surface area contributed by atoms with Crippen LogP contribution in [0.4, 0.5) is 5.69 Å². The molecule has 0 aliphatic heterocycles. The van der Waals surface area contributed by atoms with Crippen molar-refractivity contribution >= 4 is 45.0 Å². The molecule has 0 unspecified atom stereocenters. The Morgan fingerprint density at radius 2 is 1.83 bits per heavy atom. The lowest BCUT2D eigenvalue weighted by Crippen LogP contribution is -2.41. The highest BCUT2D eigenvalue weighted by molar-refractivity contribution is 7.98. The van der Waals surface area contributed by atoms with E-state index in [1.54, 1.807) is 17.8 Å². The fraction of sp³-hybridized carbons (Fsp3) is 0.381. The van der Waals surface area contributed by atoms with E-state index in [-0.39, 0.29) is 12.5 Å². The number of sulfonamides is 1. The number of hydrogen-bond donors (Lipinski definition) is 1. The minimum Gasteiger partial charge on any atom is -0.354 e. The van der Waals surface area contributed by atoms with E-state index in [4.69, 9.17) is 11.6 Å². The highest BCUT2D eigenvalue weighted by Crippen LogP contribution is 2.23. The average Bonchev–Trinajstić information content (AvgIpc) is 2.64. The lowest BCUT2D eigenvalue weighted by molar-refractivity contribution is -0.119. The topological polar surface area (TPSA) is 66.5 Å². The molecular formula is C21H27ClN2O3S2. The molecule has 2 aromatic carbocycles. The van der Waals surface area contributed by atoms with Crippen LogP contribution in [0.2, 0.25) is 5.02 Å². The number of anilines is 1. The van der Waals surface area contributed by atoms with Crippen LogP contribution in [0.25, 0.3) is 0 Å². The number of carbonyl (C=O) groups is 1. The van der Waals surface area contributed by atoms with Crippen molar-refractivity contribution in [1.82, 2.24) is 5.32 Å². The van der Waals surface area contributed by atoms with E-state index in [0.717, 1.165) is 44.6 Å². The smallest absolute Gasteiger partial charge is 0.240 e. The Morgan fingerprint density at radius 3 is 2.45 bits per heavy atom. The van der Waals surface area contributed by atoms with E-state index in [1.165, 1.54) is 5.56 Å². The molecule has 29 heavy (non-hydrogen) atoms. The van der Waals surface area contributed by atoms with Gasteiger partial charge in [0.1, 0.15) is 6.54 Å². The van der Waals surface area contributed by atoms with Crippen molar-refractivity contribution in [2.24, 2.45) is 0 Å². The first-order valence-electron chi connectivity index (χ1n) is 9.30. The van der Waals surface area contributed by atoms with E-state index in [9.17, 15) is 13.2 Å². The number of benzene rings is 2.